The predicted octanol–water partition coefficient (Wildman–Crippen LogP) is 4.83. The average molecular weight is 570 g/mol. The number of para-hydroxylation sites is 1. The van der Waals surface area contributed by atoms with Crippen LogP contribution in [0.15, 0.2) is 120 Å². The third-order valence-electron chi connectivity index (χ3n) is 6.96. The van der Waals surface area contributed by atoms with Gasteiger partial charge in [-0.15, -0.1) is 0 Å². The Labute approximate surface area is 242 Å². The van der Waals surface area contributed by atoms with E-state index in [1.54, 1.807) is 30.3 Å². The summed E-state index contributed by atoms with van der Waals surface area (Å²) in [5.74, 6) is -0.812. The van der Waals surface area contributed by atoms with Crippen molar-refractivity contribution in [3.8, 4) is 0 Å². The highest BCUT2D eigenvalue weighted by atomic mass is 32.2. The molecule has 0 saturated heterocycles. The first kappa shape index (κ1) is 29.6. The van der Waals surface area contributed by atoms with Gasteiger partial charge in [0.25, 0.3) is 10.0 Å². The summed E-state index contributed by atoms with van der Waals surface area (Å²) < 4.78 is 29.3. The zero-order chi connectivity index (χ0) is 29.2. The van der Waals surface area contributed by atoms with E-state index >= 15 is 0 Å². The first-order valence-corrected chi connectivity index (χ1v) is 15.0. The van der Waals surface area contributed by atoms with Crippen molar-refractivity contribution in [2.24, 2.45) is 0 Å². The van der Waals surface area contributed by atoms with Crippen LogP contribution in [0.4, 0.5) is 5.69 Å². The quantitative estimate of drug-likeness (QED) is 0.265. The number of rotatable bonds is 12. The van der Waals surface area contributed by atoms with E-state index in [0.717, 1.165) is 16.7 Å². The molecule has 212 valence electrons. The van der Waals surface area contributed by atoms with Crippen LogP contribution in [0.1, 0.15) is 23.6 Å². The molecule has 41 heavy (non-hydrogen) atoms. The number of benzene rings is 4. The Morgan fingerprint density at radius 2 is 1.29 bits per heavy atom. The Balaban J connectivity index is 1.79. The Hall–Kier alpha value is -4.43. The summed E-state index contributed by atoms with van der Waals surface area (Å²) in [5.41, 5.74) is 2.94. The van der Waals surface area contributed by atoms with Crippen molar-refractivity contribution in [1.29, 1.82) is 0 Å². The van der Waals surface area contributed by atoms with E-state index in [4.69, 9.17) is 0 Å². The molecule has 0 aromatic heterocycles. The summed E-state index contributed by atoms with van der Waals surface area (Å²) in [5, 5.41) is 2.70. The van der Waals surface area contributed by atoms with Gasteiger partial charge in [-0.2, -0.15) is 0 Å². The van der Waals surface area contributed by atoms with Crippen LogP contribution in [0.25, 0.3) is 0 Å². The fourth-order valence-corrected chi connectivity index (χ4v) is 6.26. The number of hydrogen-bond acceptors (Lipinski definition) is 4. The lowest BCUT2D eigenvalue weighted by Gasteiger charge is -2.34. The molecular weight excluding hydrogens is 534 g/mol. The smallest absolute Gasteiger partial charge is 0.264 e. The van der Waals surface area contributed by atoms with Gasteiger partial charge >= 0.3 is 0 Å². The molecule has 1 N–H and O–H groups in total. The van der Waals surface area contributed by atoms with Crippen molar-refractivity contribution in [3.63, 3.8) is 0 Å². The fourth-order valence-electron chi connectivity index (χ4n) is 4.79. The van der Waals surface area contributed by atoms with Crippen molar-refractivity contribution in [2.75, 3.05) is 17.9 Å². The zero-order valence-corrected chi connectivity index (χ0v) is 24.1. The molecule has 0 radical (unpaired) electrons. The molecule has 0 aliphatic carbocycles. The van der Waals surface area contributed by atoms with E-state index < -0.39 is 28.5 Å². The molecule has 1 atom stereocenters. The Morgan fingerprint density at radius 1 is 0.756 bits per heavy atom. The third kappa shape index (κ3) is 7.21. The van der Waals surface area contributed by atoms with E-state index in [9.17, 15) is 18.0 Å². The molecular formula is C33H35N3O4S. The van der Waals surface area contributed by atoms with Crippen molar-refractivity contribution in [1.82, 2.24) is 10.2 Å². The number of amides is 2. The normalized spacial score (nSPS) is 11.9. The van der Waals surface area contributed by atoms with Gasteiger partial charge in [0.1, 0.15) is 12.6 Å². The first-order chi connectivity index (χ1) is 19.8. The number of nitrogens with zero attached hydrogens (tertiary/aromatic N) is 2. The largest absolute Gasteiger partial charge is 0.357 e. The minimum absolute atomic E-state index is 0.0838. The molecule has 0 aliphatic heterocycles. The maximum absolute atomic E-state index is 14.3. The second-order valence-corrected chi connectivity index (χ2v) is 11.5. The molecule has 0 spiro atoms. The van der Waals surface area contributed by atoms with Crippen LogP contribution >= 0.6 is 0 Å². The van der Waals surface area contributed by atoms with Gasteiger partial charge in [0.2, 0.25) is 11.8 Å². The van der Waals surface area contributed by atoms with Gasteiger partial charge in [-0.05, 0) is 41.3 Å². The lowest BCUT2D eigenvalue weighted by Crippen LogP contribution is -2.53. The van der Waals surface area contributed by atoms with Crippen molar-refractivity contribution in [3.05, 3.63) is 132 Å². The monoisotopic (exact) mass is 569 g/mol. The lowest BCUT2D eigenvalue weighted by atomic mass is 10.0. The van der Waals surface area contributed by atoms with Crippen LogP contribution in [0, 0.1) is 0 Å². The highest BCUT2D eigenvalue weighted by Crippen LogP contribution is 2.28. The number of nitrogens with one attached hydrogen (secondary N) is 1. The molecule has 0 bridgehead atoms. The number of carbonyl (C=O) groups excluding carboxylic acids is 2. The van der Waals surface area contributed by atoms with E-state index in [1.807, 2.05) is 79.7 Å². The minimum atomic E-state index is -4.11. The second kappa shape index (κ2) is 13.8. The van der Waals surface area contributed by atoms with Crippen LogP contribution in [0.2, 0.25) is 0 Å². The maximum Gasteiger partial charge on any atom is 0.264 e. The van der Waals surface area contributed by atoms with E-state index in [1.165, 1.54) is 28.4 Å². The van der Waals surface area contributed by atoms with Gasteiger partial charge in [-0.3, -0.25) is 13.9 Å². The topological polar surface area (TPSA) is 86.8 Å². The first-order valence-electron chi connectivity index (χ1n) is 13.6. The van der Waals surface area contributed by atoms with Gasteiger partial charge in [0.05, 0.1) is 10.6 Å². The molecule has 8 heteroatoms. The zero-order valence-electron chi connectivity index (χ0n) is 23.3. The Kier molecular flexibility index (Phi) is 9.92. The number of anilines is 1. The average Bonchev–Trinajstić information content (AvgIpc) is 3.02. The number of sulfonamides is 1. The highest BCUT2D eigenvalue weighted by molar-refractivity contribution is 7.92. The summed E-state index contributed by atoms with van der Waals surface area (Å²) in [6.07, 6.45) is 0.851. The van der Waals surface area contributed by atoms with Gasteiger partial charge in [-0.1, -0.05) is 104 Å². The standard InChI is InChI=1S/C33H35N3O4S/c1-3-28-19-13-14-22-30(28)36(41(39,40)29-20-11-6-12-21-29)25-32(37)35(24-27-17-9-5-10-18-27)31(33(38)34-2)23-26-15-7-4-8-16-26/h4-22,31H,3,23-25H2,1-2H3,(H,34,38)/t31-/m1/s1. The molecule has 4 aromatic carbocycles. The fraction of sp³-hybridized carbons (Fsp3) is 0.212. The molecule has 7 nitrogen and oxygen atoms in total. The maximum atomic E-state index is 14.3. The van der Waals surface area contributed by atoms with Gasteiger partial charge in [-0.25, -0.2) is 8.42 Å². The molecule has 0 fully saturated rings. The number of aryl methyl sites for hydroxylation is 1. The molecule has 4 aromatic rings. The summed E-state index contributed by atoms with van der Waals surface area (Å²) in [6, 6.07) is 33.3. The molecule has 0 saturated carbocycles. The minimum Gasteiger partial charge on any atom is -0.357 e. The number of likely N-dealkylation sites (N-methyl/N-ethyl adjacent to an activating group) is 1. The highest BCUT2D eigenvalue weighted by Gasteiger charge is 2.34. The van der Waals surface area contributed by atoms with E-state index in [-0.39, 0.29) is 23.8 Å². The summed E-state index contributed by atoms with van der Waals surface area (Å²) >= 11 is 0. The molecule has 0 heterocycles. The summed E-state index contributed by atoms with van der Waals surface area (Å²) in [6.45, 7) is 1.61. The Bertz CT molecular complexity index is 1550. The van der Waals surface area contributed by atoms with Crippen LogP contribution in [0.5, 0.6) is 0 Å². The molecule has 4 rings (SSSR count). The van der Waals surface area contributed by atoms with E-state index in [0.29, 0.717) is 12.1 Å². The predicted molar refractivity (Wildman–Crippen MR) is 162 cm³/mol. The molecule has 0 unspecified atom stereocenters. The molecule has 0 aliphatic rings. The van der Waals surface area contributed by atoms with Crippen LogP contribution in [-0.4, -0.2) is 44.8 Å². The summed E-state index contributed by atoms with van der Waals surface area (Å²) in [7, 11) is -2.58. The third-order valence-corrected chi connectivity index (χ3v) is 8.74. The van der Waals surface area contributed by atoms with Crippen molar-refractivity contribution >= 4 is 27.5 Å². The lowest BCUT2D eigenvalue weighted by molar-refractivity contribution is -0.139. The van der Waals surface area contributed by atoms with Crippen LogP contribution in [0.3, 0.4) is 0 Å². The SMILES string of the molecule is CCc1ccccc1N(CC(=O)N(Cc1ccccc1)[C@H](Cc1ccccc1)C(=O)NC)S(=O)(=O)c1ccccc1. The van der Waals surface area contributed by atoms with Crippen LogP contribution < -0.4 is 9.62 Å². The van der Waals surface area contributed by atoms with Crippen molar-refractivity contribution in [2.45, 2.75) is 37.2 Å². The van der Waals surface area contributed by atoms with Crippen molar-refractivity contribution < 1.29 is 18.0 Å². The van der Waals surface area contributed by atoms with Gasteiger partial charge < -0.3 is 10.2 Å². The number of carbonyl (C=O) groups is 2. The number of hydrogen-bond donors (Lipinski definition) is 1. The van der Waals surface area contributed by atoms with E-state index in [2.05, 4.69) is 5.32 Å². The Morgan fingerprint density at radius 3 is 1.88 bits per heavy atom. The van der Waals surface area contributed by atoms with Gasteiger partial charge in [0.15, 0.2) is 0 Å². The second-order valence-electron chi connectivity index (χ2n) is 9.63. The van der Waals surface area contributed by atoms with Gasteiger partial charge in [0, 0.05) is 20.0 Å². The van der Waals surface area contributed by atoms with Crippen LogP contribution in [-0.2, 0) is 39.0 Å². The molecule has 2 amide bonds. The summed E-state index contributed by atoms with van der Waals surface area (Å²) in [4.78, 5) is 29.2.